The van der Waals surface area contributed by atoms with Crippen molar-refractivity contribution in [2.45, 2.75) is 18.2 Å². The summed E-state index contributed by atoms with van der Waals surface area (Å²) in [7, 11) is 0. The van der Waals surface area contributed by atoms with Crippen LogP contribution in [-0.2, 0) is 11.2 Å². The molecule has 0 saturated carbocycles. The summed E-state index contributed by atoms with van der Waals surface area (Å²) in [6.07, 6.45) is 2.04. The average molecular weight is 290 g/mol. The third kappa shape index (κ3) is 3.20. The van der Waals surface area contributed by atoms with Gasteiger partial charge in [-0.2, -0.15) is 0 Å². The van der Waals surface area contributed by atoms with E-state index in [4.69, 9.17) is 16.3 Å². The molecule has 2 unspecified atom stereocenters. The van der Waals surface area contributed by atoms with Gasteiger partial charge in [0.2, 0.25) is 0 Å². The van der Waals surface area contributed by atoms with Crippen LogP contribution in [0.1, 0.15) is 12.0 Å². The molecule has 1 aromatic rings. The van der Waals surface area contributed by atoms with Gasteiger partial charge in [-0.25, -0.2) is 0 Å². The van der Waals surface area contributed by atoms with E-state index >= 15 is 0 Å². The van der Waals surface area contributed by atoms with Gasteiger partial charge in [-0.3, -0.25) is 0 Å². The molecule has 2 atom stereocenters. The maximum Gasteiger partial charge on any atom is 0.0509 e. The molecular weight excluding hydrogens is 275 g/mol. The Labute approximate surface area is 104 Å². The Kier molecular flexibility index (Phi) is 4.06. The van der Waals surface area contributed by atoms with E-state index in [1.54, 1.807) is 0 Å². The molecule has 0 spiro atoms. The van der Waals surface area contributed by atoms with Gasteiger partial charge in [-0.1, -0.05) is 28.1 Å². The Morgan fingerprint density at radius 1 is 1.40 bits per heavy atom. The quantitative estimate of drug-likeness (QED) is 0.772. The number of halogens is 2. The Balaban J connectivity index is 1.92. The molecule has 3 heteroatoms. The molecule has 1 nitrogen and oxygen atoms in total. The number of benzene rings is 1. The number of ether oxygens (including phenoxy) is 1. The van der Waals surface area contributed by atoms with Crippen LogP contribution in [0.5, 0.6) is 0 Å². The summed E-state index contributed by atoms with van der Waals surface area (Å²) in [5.74, 6) is 0.523. The highest BCUT2D eigenvalue weighted by Gasteiger charge is 2.23. The van der Waals surface area contributed by atoms with Crippen molar-refractivity contribution in [1.29, 1.82) is 0 Å². The largest absolute Gasteiger partial charge is 0.381 e. The minimum Gasteiger partial charge on any atom is -0.381 e. The maximum atomic E-state index is 6.37. The van der Waals surface area contributed by atoms with Crippen LogP contribution in [0.15, 0.2) is 28.7 Å². The van der Waals surface area contributed by atoms with Crippen LogP contribution >= 0.6 is 27.5 Å². The lowest BCUT2D eigenvalue weighted by atomic mass is 9.98. The van der Waals surface area contributed by atoms with Crippen LogP contribution in [0.4, 0.5) is 0 Å². The molecule has 82 valence electrons. The molecule has 0 radical (unpaired) electrons. The van der Waals surface area contributed by atoms with Crippen molar-refractivity contribution < 1.29 is 4.74 Å². The Morgan fingerprint density at radius 3 is 2.73 bits per heavy atom. The van der Waals surface area contributed by atoms with Gasteiger partial charge < -0.3 is 4.74 Å². The zero-order chi connectivity index (χ0) is 10.7. The Bertz CT molecular complexity index is 306. The second-order valence-electron chi connectivity index (χ2n) is 3.97. The summed E-state index contributed by atoms with van der Waals surface area (Å²) >= 11 is 9.79. The molecular formula is C12H14BrClO. The van der Waals surface area contributed by atoms with E-state index in [9.17, 15) is 0 Å². The van der Waals surface area contributed by atoms with Gasteiger partial charge in [-0.15, -0.1) is 11.6 Å². The lowest BCUT2D eigenvalue weighted by Gasteiger charge is -2.15. The highest BCUT2D eigenvalue weighted by atomic mass is 79.9. The molecule has 1 heterocycles. The molecule has 1 saturated heterocycles. The molecule has 1 fully saturated rings. The first kappa shape index (κ1) is 11.4. The molecule has 1 aliphatic rings. The van der Waals surface area contributed by atoms with Gasteiger partial charge in [0.25, 0.3) is 0 Å². The Morgan fingerprint density at radius 2 is 2.13 bits per heavy atom. The molecule has 1 aliphatic heterocycles. The predicted molar refractivity (Wildman–Crippen MR) is 66.4 cm³/mol. The van der Waals surface area contributed by atoms with Gasteiger partial charge in [0.05, 0.1) is 6.61 Å². The number of hydrogen-bond donors (Lipinski definition) is 0. The van der Waals surface area contributed by atoms with Crippen LogP contribution in [0.2, 0.25) is 0 Å². The molecule has 0 bridgehead atoms. The average Bonchev–Trinajstić information content (AvgIpc) is 2.74. The maximum absolute atomic E-state index is 6.37. The molecule has 0 aliphatic carbocycles. The first-order valence-corrected chi connectivity index (χ1v) is 6.45. The van der Waals surface area contributed by atoms with Crippen molar-refractivity contribution >= 4 is 27.5 Å². The fourth-order valence-electron chi connectivity index (χ4n) is 1.85. The summed E-state index contributed by atoms with van der Waals surface area (Å²) in [6, 6.07) is 8.36. The Hall–Kier alpha value is -0.0500. The summed E-state index contributed by atoms with van der Waals surface area (Å²) < 4.78 is 6.46. The normalized spacial score (nSPS) is 22.9. The number of alkyl halides is 1. The highest BCUT2D eigenvalue weighted by Crippen LogP contribution is 2.24. The fourth-order valence-corrected chi connectivity index (χ4v) is 2.49. The van der Waals surface area contributed by atoms with Crippen molar-refractivity contribution in [3.05, 3.63) is 34.3 Å². The van der Waals surface area contributed by atoms with Crippen molar-refractivity contribution in [2.75, 3.05) is 13.2 Å². The lowest BCUT2D eigenvalue weighted by Crippen LogP contribution is -2.17. The summed E-state index contributed by atoms with van der Waals surface area (Å²) in [4.78, 5) is 0. The summed E-state index contributed by atoms with van der Waals surface area (Å²) in [6.45, 7) is 1.69. The molecule has 0 N–H and O–H groups in total. The van der Waals surface area contributed by atoms with Crippen LogP contribution in [0.3, 0.4) is 0 Å². The second kappa shape index (κ2) is 5.33. The molecule has 15 heavy (non-hydrogen) atoms. The topological polar surface area (TPSA) is 9.23 Å². The smallest absolute Gasteiger partial charge is 0.0509 e. The zero-order valence-corrected chi connectivity index (χ0v) is 10.8. The SMILES string of the molecule is ClC(Cc1ccc(Br)cc1)C1CCOC1. The van der Waals surface area contributed by atoms with Crippen molar-refractivity contribution in [1.82, 2.24) is 0 Å². The van der Waals surface area contributed by atoms with E-state index in [2.05, 4.69) is 40.2 Å². The first-order valence-electron chi connectivity index (χ1n) is 5.22. The summed E-state index contributed by atoms with van der Waals surface area (Å²) in [5, 5.41) is 0.202. The van der Waals surface area contributed by atoms with E-state index < -0.39 is 0 Å². The number of hydrogen-bond acceptors (Lipinski definition) is 1. The summed E-state index contributed by atoms with van der Waals surface area (Å²) in [5.41, 5.74) is 1.30. The van der Waals surface area contributed by atoms with Gasteiger partial charge in [0.15, 0.2) is 0 Å². The van der Waals surface area contributed by atoms with Gasteiger partial charge in [0.1, 0.15) is 0 Å². The van der Waals surface area contributed by atoms with Crippen molar-refractivity contribution in [2.24, 2.45) is 5.92 Å². The first-order chi connectivity index (χ1) is 7.25. The lowest BCUT2D eigenvalue weighted by molar-refractivity contribution is 0.185. The molecule has 0 amide bonds. The van der Waals surface area contributed by atoms with Crippen LogP contribution < -0.4 is 0 Å². The van der Waals surface area contributed by atoms with Crippen LogP contribution in [-0.4, -0.2) is 18.6 Å². The van der Waals surface area contributed by atoms with E-state index in [0.717, 1.165) is 30.5 Å². The standard InChI is InChI=1S/C12H14BrClO/c13-11-3-1-9(2-4-11)7-12(14)10-5-6-15-8-10/h1-4,10,12H,5-8H2. The minimum absolute atomic E-state index is 0.202. The van der Waals surface area contributed by atoms with Gasteiger partial charge >= 0.3 is 0 Å². The monoisotopic (exact) mass is 288 g/mol. The van der Waals surface area contributed by atoms with Gasteiger partial charge in [0, 0.05) is 22.4 Å². The second-order valence-corrected chi connectivity index (χ2v) is 5.45. The number of rotatable bonds is 3. The highest BCUT2D eigenvalue weighted by molar-refractivity contribution is 9.10. The molecule has 2 rings (SSSR count). The minimum atomic E-state index is 0.202. The predicted octanol–water partition coefficient (Wildman–Crippen LogP) is 3.64. The van der Waals surface area contributed by atoms with E-state index in [0.29, 0.717) is 5.92 Å². The van der Waals surface area contributed by atoms with Crippen LogP contribution in [0.25, 0.3) is 0 Å². The van der Waals surface area contributed by atoms with E-state index in [-0.39, 0.29) is 5.38 Å². The molecule has 1 aromatic carbocycles. The fraction of sp³-hybridized carbons (Fsp3) is 0.500. The van der Waals surface area contributed by atoms with Crippen molar-refractivity contribution in [3.63, 3.8) is 0 Å². The molecule has 0 aromatic heterocycles. The van der Waals surface area contributed by atoms with Crippen LogP contribution in [0, 0.1) is 5.92 Å². The third-order valence-electron chi connectivity index (χ3n) is 2.82. The van der Waals surface area contributed by atoms with E-state index in [1.165, 1.54) is 5.56 Å². The van der Waals surface area contributed by atoms with E-state index in [1.807, 2.05) is 0 Å². The zero-order valence-electron chi connectivity index (χ0n) is 8.46. The van der Waals surface area contributed by atoms with Gasteiger partial charge in [-0.05, 0) is 30.5 Å². The third-order valence-corrected chi connectivity index (χ3v) is 3.86. The van der Waals surface area contributed by atoms with Crippen molar-refractivity contribution in [3.8, 4) is 0 Å².